The molecule has 3 aromatic rings. The number of hydrogen-bond acceptors (Lipinski definition) is 3. The summed E-state index contributed by atoms with van der Waals surface area (Å²) in [6.45, 7) is 3.22. The lowest BCUT2D eigenvalue weighted by Crippen LogP contribution is -2.35. The largest absolute Gasteiger partial charge is 0.494 e. The molecule has 0 fully saturated rings. The number of aryl methyl sites for hydroxylation is 1. The minimum atomic E-state index is -0.0964. The van der Waals surface area contributed by atoms with Gasteiger partial charge >= 0.3 is 0 Å². The zero-order valence-corrected chi connectivity index (χ0v) is 17.6. The maximum Gasteiger partial charge on any atom is 0.258 e. The molecule has 3 aromatic carbocycles. The van der Waals surface area contributed by atoms with Crippen LogP contribution in [0.25, 0.3) is 0 Å². The van der Waals surface area contributed by atoms with Crippen molar-refractivity contribution >= 4 is 23.2 Å². The molecule has 31 heavy (non-hydrogen) atoms. The second-order valence-corrected chi connectivity index (χ2v) is 7.57. The SMILES string of the molecule is CCOc1ccc(CC(=O)Nc2ccc3c(c2)N(C(=O)c2ccccc2)CCC3)cc1. The molecule has 0 bridgehead atoms. The number of amides is 2. The number of rotatable bonds is 6. The minimum absolute atomic E-state index is 0.0144. The number of ether oxygens (including phenoxy) is 1. The third-order valence-electron chi connectivity index (χ3n) is 5.35. The van der Waals surface area contributed by atoms with Crippen LogP contribution in [0.5, 0.6) is 5.75 Å². The molecule has 4 rings (SSSR count). The summed E-state index contributed by atoms with van der Waals surface area (Å²) in [6.07, 6.45) is 2.12. The highest BCUT2D eigenvalue weighted by Crippen LogP contribution is 2.31. The molecule has 0 saturated heterocycles. The fraction of sp³-hybridized carbons (Fsp3) is 0.231. The number of fused-ring (bicyclic) bond motifs is 1. The summed E-state index contributed by atoms with van der Waals surface area (Å²) in [4.78, 5) is 27.4. The van der Waals surface area contributed by atoms with Crippen molar-refractivity contribution in [3.8, 4) is 5.75 Å². The van der Waals surface area contributed by atoms with Gasteiger partial charge in [0.05, 0.1) is 13.0 Å². The first-order chi connectivity index (χ1) is 15.1. The van der Waals surface area contributed by atoms with Crippen molar-refractivity contribution in [2.24, 2.45) is 0 Å². The zero-order valence-electron chi connectivity index (χ0n) is 17.6. The van der Waals surface area contributed by atoms with Crippen molar-refractivity contribution in [1.82, 2.24) is 0 Å². The molecule has 2 amide bonds. The highest BCUT2D eigenvalue weighted by Gasteiger charge is 2.24. The average Bonchev–Trinajstić information content (AvgIpc) is 2.80. The first kappa shape index (κ1) is 20.7. The fourth-order valence-corrected chi connectivity index (χ4v) is 3.86. The second kappa shape index (κ2) is 9.47. The Morgan fingerprint density at radius 1 is 1.00 bits per heavy atom. The standard InChI is InChI=1S/C26H26N2O3/c1-2-31-23-14-10-19(11-15-23)17-25(29)27-22-13-12-20-9-6-16-28(24(20)18-22)26(30)21-7-4-3-5-8-21/h3-5,7-8,10-15,18H,2,6,9,16-17H2,1H3,(H,27,29). The summed E-state index contributed by atoms with van der Waals surface area (Å²) in [5.41, 5.74) is 4.28. The van der Waals surface area contributed by atoms with Gasteiger partial charge in [0.1, 0.15) is 5.75 Å². The van der Waals surface area contributed by atoms with Gasteiger partial charge in [0.2, 0.25) is 5.91 Å². The van der Waals surface area contributed by atoms with Gasteiger partial charge in [-0.1, -0.05) is 36.4 Å². The number of hydrogen-bond donors (Lipinski definition) is 1. The van der Waals surface area contributed by atoms with Gasteiger partial charge in [-0.05, 0) is 67.3 Å². The Labute approximate surface area is 182 Å². The molecule has 1 heterocycles. The summed E-state index contributed by atoms with van der Waals surface area (Å²) in [5.74, 6) is 0.685. The fourth-order valence-electron chi connectivity index (χ4n) is 3.86. The van der Waals surface area contributed by atoms with Crippen LogP contribution in [0, 0.1) is 0 Å². The van der Waals surface area contributed by atoms with Gasteiger partial charge in [-0.3, -0.25) is 9.59 Å². The van der Waals surface area contributed by atoms with Crippen LogP contribution in [0.1, 0.15) is 34.8 Å². The highest BCUT2D eigenvalue weighted by atomic mass is 16.5. The number of carbonyl (C=O) groups is 2. The smallest absolute Gasteiger partial charge is 0.258 e. The Hall–Kier alpha value is -3.60. The third kappa shape index (κ3) is 4.94. The molecule has 5 nitrogen and oxygen atoms in total. The van der Waals surface area contributed by atoms with E-state index in [1.807, 2.05) is 84.6 Å². The van der Waals surface area contributed by atoms with Gasteiger partial charge in [0.25, 0.3) is 5.91 Å². The third-order valence-corrected chi connectivity index (χ3v) is 5.35. The zero-order chi connectivity index (χ0) is 21.6. The van der Waals surface area contributed by atoms with Crippen molar-refractivity contribution in [1.29, 1.82) is 0 Å². The average molecular weight is 415 g/mol. The molecule has 0 aromatic heterocycles. The molecule has 158 valence electrons. The van der Waals surface area contributed by atoms with Crippen LogP contribution >= 0.6 is 0 Å². The van der Waals surface area contributed by atoms with E-state index in [2.05, 4.69) is 5.32 Å². The summed E-state index contributed by atoms with van der Waals surface area (Å²) in [6, 6.07) is 22.7. The Balaban J connectivity index is 1.48. The van der Waals surface area contributed by atoms with Gasteiger partial charge in [-0.25, -0.2) is 0 Å². The summed E-state index contributed by atoms with van der Waals surface area (Å²) in [7, 11) is 0. The molecule has 5 heteroatoms. The van der Waals surface area contributed by atoms with Crippen LogP contribution < -0.4 is 15.0 Å². The normalized spacial score (nSPS) is 12.7. The van der Waals surface area contributed by atoms with E-state index >= 15 is 0 Å². The number of nitrogens with one attached hydrogen (secondary N) is 1. The first-order valence-corrected chi connectivity index (χ1v) is 10.7. The van der Waals surface area contributed by atoms with Gasteiger partial charge in [0, 0.05) is 23.5 Å². The van der Waals surface area contributed by atoms with E-state index in [0.29, 0.717) is 24.4 Å². The lowest BCUT2D eigenvalue weighted by molar-refractivity contribution is -0.115. The molecule has 0 aliphatic carbocycles. The van der Waals surface area contributed by atoms with Crippen molar-refractivity contribution in [2.75, 3.05) is 23.4 Å². The Kier molecular flexibility index (Phi) is 6.32. The molecule has 0 saturated carbocycles. The van der Waals surface area contributed by atoms with E-state index in [9.17, 15) is 9.59 Å². The number of anilines is 2. The van der Waals surface area contributed by atoms with Gasteiger partial charge in [0.15, 0.2) is 0 Å². The predicted molar refractivity (Wildman–Crippen MR) is 123 cm³/mol. The summed E-state index contributed by atoms with van der Waals surface area (Å²) in [5, 5.41) is 2.97. The van der Waals surface area contributed by atoms with Crippen molar-refractivity contribution in [3.63, 3.8) is 0 Å². The predicted octanol–water partition coefficient (Wildman–Crippen LogP) is 4.86. The quantitative estimate of drug-likeness (QED) is 0.627. The van der Waals surface area contributed by atoms with Crippen molar-refractivity contribution < 1.29 is 14.3 Å². The Morgan fingerprint density at radius 3 is 2.52 bits per heavy atom. The van der Waals surface area contributed by atoms with E-state index in [-0.39, 0.29) is 18.2 Å². The maximum absolute atomic E-state index is 13.0. The van der Waals surface area contributed by atoms with Crippen LogP contribution in [0.2, 0.25) is 0 Å². The molecule has 0 spiro atoms. The molecule has 0 unspecified atom stereocenters. The molecular weight excluding hydrogens is 388 g/mol. The van der Waals surface area contributed by atoms with E-state index in [1.165, 1.54) is 0 Å². The monoisotopic (exact) mass is 414 g/mol. The van der Waals surface area contributed by atoms with Crippen molar-refractivity contribution in [2.45, 2.75) is 26.2 Å². The highest BCUT2D eigenvalue weighted by molar-refractivity contribution is 6.07. The maximum atomic E-state index is 13.0. The molecule has 1 aliphatic heterocycles. The van der Waals surface area contributed by atoms with Gasteiger partial charge in [-0.15, -0.1) is 0 Å². The van der Waals surface area contributed by atoms with E-state index in [1.54, 1.807) is 0 Å². The number of benzene rings is 3. The Bertz CT molecular complexity index is 1060. The lowest BCUT2D eigenvalue weighted by atomic mass is 10.00. The first-order valence-electron chi connectivity index (χ1n) is 10.7. The van der Waals surface area contributed by atoms with Crippen LogP contribution in [0.15, 0.2) is 72.8 Å². The minimum Gasteiger partial charge on any atom is -0.494 e. The molecule has 0 atom stereocenters. The van der Waals surface area contributed by atoms with Crippen LogP contribution in [-0.2, 0) is 17.6 Å². The molecule has 1 aliphatic rings. The molecule has 1 N–H and O–H groups in total. The van der Waals surface area contributed by atoms with Crippen LogP contribution in [-0.4, -0.2) is 25.0 Å². The number of carbonyl (C=O) groups excluding carboxylic acids is 2. The summed E-state index contributed by atoms with van der Waals surface area (Å²) < 4.78 is 5.44. The van der Waals surface area contributed by atoms with E-state index < -0.39 is 0 Å². The molecule has 0 radical (unpaired) electrons. The number of nitrogens with zero attached hydrogens (tertiary/aromatic N) is 1. The van der Waals surface area contributed by atoms with Crippen molar-refractivity contribution in [3.05, 3.63) is 89.5 Å². The summed E-state index contributed by atoms with van der Waals surface area (Å²) >= 11 is 0. The lowest BCUT2D eigenvalue weighted by Gasteiger charge is -2.30. The van der Waals surface area contributed by atoms with E-state index in [4.69, 9.17) is 4.74 Å². The van der Waals surface area contributed by atoms with Crippen LogP contribution in [0.3, 0.4) is 0 Å². The molecular formula is C26H26N2O3. The topological polar surface area (TPSA) is 58.6 Å². The van der Waals surface area contributed by atoms with Gasteiger partial charge < -0.3 is 15.0 Å². The van der Waals surface area contributed by atoms with Gasteiger partial charge in [-0.2, -0.15) is 0 Å². The Morgan fingerprint density at radius 2 is 1.77 bits per heavy atom. The van der Waals surface area contributed by atoms with Crippen LogP contribution in [0.4, 0.5) is 11.4 Å². The van der Waals surface area contributed by atoms with E-state index in [0.717, 1.165) is 35.4 Å². The second-order valence-electron chi connectivity index (χ2n) is 7.57.